The molecule has 0 saturated carbocycles. The third-order valence-corrected chi connectivity index (χ3v) is 5.27. The van der Waals surface area contributed by atoms with Crippen molar-refractivity contribution in [3.05, 3.63) is 46.5 Å². The van der Waals surface area contributed by atoms with Gasteiger partial charge in [0.25, 0.3) is 5.56 Å². The summed E-state index contributed by atoms with van der Waals surface area (Å²) in [6, 6.07) is 7.18. The molecular weight excluding hydrogens is 348 g/mol. The van der Waals surface area contributed by atoms with Gasteiger partial charge in [-0.25, -0.2) is 0 Å². The minimum Gasteiger partial charge on any atom is -0.505 e. The first kappa shape index (κ1) is 20.5. The predicted molar refractivity (Wildman–Crippen MR) is 116 cm³/mol. The first-order valence-electron chi connectivity index (χ1n) is 9.38. The summed E-state index contributed by atoms with van der Waals surface area (Å²) in [5, 5.41) is 0.712. The van der Waals surface area contributed by atoms with E-state index in [4.69, 9.17) is 26.2 Å². The standard InChI is InChI=1S/C21H25B2N3O2/c1-12(2)11-20(4,24)21(22,23)28-14-6-7-15-16-8-9-25-13(3)18(16)26(5)19(27)17(15)10-14/h6-10,12H,11,24H2,1-5H3. The van der Waals surface area contributed by atoms with Crippen LogP contribution in [-0.2, 0) is 7.05 Å². The number of ether oxygens (including phenoxy) is 1. The molecule has 1 atom stereocenters. The molecule has 2 aromatic heterocycles. The van der Waals surface area contributed by atoms with Crippen LogP contribution in [0.2, 0.25) is 0 Å². The average Bonchev–Trinajstić information content (AvgIpc) is 2.58. The summed E-state index contributed by atoms with van der Waals surface area (Å²) in [6.45, 7) is 7.75. The quantitative estimate of drug-likeness (QED) is 0.551. The third kappa shape index (κ3) is 3.44. The lowest BCUT2D eigenvalue weighted by molar-refractivity contribution is 0.134. The van der Waals surface area contributed by atoms with Crippen LogP contribution in [0.15, 0.2) is 35.3 Å². The van der Waals surface area contributed by atoms with Crippen molar-refractivity contribution >= 4 is 37.4 Å². The topological polar surface area (TPSA) is 70.1 Å². The summed E-state index contributed by atoms with van der Waals surface area (Å²) in [5.74, 6) is 0.706. The molecule has 0 spiro atoms. The fraction of sp³-hybridized carbons (Fsp3) is 0.429. The Morgan fingerprint density at radius 2 is 1.89 bits per heavy atom. The van der Waals surface area contributed by atoms with E-state index < -0.39 is 10.9 Å². The van der Waals surface area contributed by atoms with Gasteiger partial charge in [0.05, 0.1) is 16.6 Å². The molecule has 0 bridgehead atoms. The molecule has 0 fully saturated rings. The molecule has 3 aromatic rings. The predicted octanol–water partition coefficient (Wildman–Crippen LogP) is 2.53. The van der Waals surface area contributed by atoms with Crippen molar-refractivity contribution in [2.45, 2.75) is 45.1 Å². The zero-order chi connectivity index (χ0) is 20.9. The highest BCUT2D eigenvalue weighted by Crippen LogP contribution is 2.31. The van der Waals surface area contributed by atoms with Gasteiger partial charge in [0.15, 0.2) is 0 Å². The Morgan fingerprint density at radius 3 is 2.54 bits per heavy atom. The van der Waals surface area contributed by atoms with Gasteiger partial charge >= 0.3 is 0 Å². The maximum Gasteiger partial charge on any atom is 0.258 e. The van der Waals surface area contributed by atoms with Crippen LogP contribution in [0.25, 0.3) is 21.7 Å². The fourth-order valence-electron chi connectivity index (χ4n) is 3.80. The first-order chi connectivity index (χ1) is 12.9. The number of aryl methyl sites for hydroxylation is 2. The van der Waals surface area contributed by atoms with E-state index in [0.29, 0.717) is 23.5 Å². The van der Waals surface area contributed by atoms with Gasteiger partial charge in [-0.1, -0.05) is 13.8 Å². The van der Waals surface area contributed by atoms with Gasteiger partial charge in [0, 0.05) is 29.6 Å². The van der Waals surface area contributed by atoms with Gasteiger partial charge in [-0.3, -0.25) is 9.78 Å². The van der Waals surface area contributed by atoms with Crippen molar-refractivity contribution in [3.8, 4) is 5.75 Å². The second-order valence-electron chi connectivity index (χ2n) is 8.27. The number of hydrogen-bond donors (Lipinski definition) is 1. The Morgan fingerprint density at radius 1 is 1.21 bits per heavy atom. The van der Waals surface area contributed by atoms with Crippen LogP contribution < -0.4 is 16.0 Å². The second kappa shape index (κ2) is 6.96. The zero-order valence-electron chi connectivity index (χ0n) is 17.1. The van der Waals surface area contributed by atoms with Crippen LogP contribution in [0.3, 0.4) is 0 Å². The summed E-state index contributed by atoms with van der Waals surface area (Å²) in [6.07, 6.45) is 2.33. The number of hydrogen-bond acceptors (Lipinski definition) is 4. The Balaban J connectivity index is 2.12. The molecule has 28 heavy (non-hydrogen) atoms. The molecule has 4 radical (unpaired) electrons. The van der Waals surface area contributed by atoms with Crippen molar-refractivity contribution in [2.75, 3.05) is 0 Å². The van der Waals surface area contributed by atoms with E-state index in [2.05, 4.69) is 4.98 Å². The van der Waals surface area contributed by atoms with E-state index in [0.717, 1.165) is 22.0 Å². The number of fused-ring (bicyclic) bond motifs is 3. The maximum absolute atomic E-state index is 12.9. The van der Waals surface area contributed by atoms with Crippen molar-refractivity contribution in [2.24, 2.45) is 18.7 Å². The van der Waals surface area contributed by atoms with Crippen molar-refractivity contribution in [1.82, 2.24) is 9.55 Å². The van der Waals surface area contributed by atoms with Crippen molar-refractivity contribution in [3.63, 3.8) is 0 Å². The Kier molecular flexibility index (Phi) is 5.09. The molecule has 0 amide bonds. The molecule has 5 nitrogen and oxygen atoms in total. The van der Waals surface area contributed by atoms with Gasteiger partial charge in [-0.05, 0) is 55.8 Å². The lowest BCUT2D eigenvalue weighted by atomic mass is 9.53. The summed E-state index contributed by atoms with van der Waals surface area (Å²) >= 11 is 0. The molecule has 0 aliphatic carbocycles. The van der Waals surface area contributed by atoms with Crippen LogP contribution in [-0.4, -0.2) is 36.2 Å². The third-order valence-electron chi connectivity index (χ3n) is 5.27. The van der Waals surface area contributed by atoms with Crippen LogP contribution in [0.1, 0.15) is 32.9 Å². The van der Waals surface area contributed by atoms with Gasteiger partial charge in [-0.15, -0.1) is 0 Å². The number of benzene rings is 1. The lowest BCUT2D eigenvalue weighted by Crippen LogP contribution is -2.63. The average molecular weight is 373 g/mol. The molecule has 3 rings (SSSR count). The molecule has 1 aromatic carbocycles. The van der Waals surface area contributed by atoms with Gasteiger partial charge in [0.2, 0.25) is 0 Å². The lowest BCUT2D eigenvalue weighted by Gasteiger charge is -2.44. The zero-order valence-corrected chi connectivity index (χ0v) is 17.1. The Bertz CT molecular complexity index is 1100. The highest BCUT2D eigenvalue weighted by atomic mass is 16.5. The number of aromatic nitrogens is 2. The van der Waals surface area contributed by atoms with E-state index in [-0.39, 0.29) is 5.56 Å². The molecule has 1 unspecified atom stereocenters. The summed E-state index contributed by atoms with van der Waals surface area (Å²) in [5.41, 5.74) is 6.88. The van der Waals surface area contributed by atoms with E-state index in [9.17, 15) is 4.79 Å². The van der Waals surface area contributed by atoms with Crippen LogP contribution in [0.4, 0.5) is 0 Å². The highest BCUT2D eigenvalue weighted by molar-refractivity contribution is 6.40. The van der Waals surface area contributed by atoms with Crippen molar-refractivity contribution < 1.29 is 4.74 Å². The summed E-state index contributed by atoms with van der Waals surface area (Å²) in [4.78, 5) is 17.2. The number of pyridine rings is 2. The minimum absolute atomic E-state index is 0.138. The number of rotatable bonds is 5. The molecule has 7 heteroatoms. The van der Waals surface area contributed by atoms with E-state index in [1.807, 2.05) is 32.9 Å². The molecule has 0 saturated heterocycles. The van der Waals surface area contributed by atoms with E-state index >= 15 is 0 Å². The van der Waals surface area contributed by atoms with E-state index in [1.165, 1.54) is 0 Å². The Labute approximate surface area is 168 Å². The van der Waals surface area contributed by atoms with Crippen LogP contribution in [0, 0.1) is 12.8 Å². The number of nitrogens with two attached hydrogens (primary N) is 1. The smallest absolute Gasteiger partial charge is 0.258 e. The van der Waals surface area contributed by atoms with Gasteiger partial charge in [-0.2, -0.15) is 0 Å². The van der Waals surface area contributed by atoms with Gasteiger partial charge < -0.3 is 15.0 Å². The second-order valence-corrected chi connectivity index (χ2v) is 8.27. The van der Waals surface area contributed by atoms with Crippen LogP contribution in [0.5, 0.6) is 5.75 Å². The summed E-state index contributed by atoms with van der Waals surface area (Å²) in [7, 11) is 14.2. The molecule has 0 aliphatic rings. The summed E-state index contributed by atoms with van der Waals surface area (Å²) < 4.78 is 7.48. The number of nitrogens with zero attached hydrogens (tertiary/aromatic N) is 2. The molecule has 0 aliphatic heterocycles. The van der Waals surface area contributed by atoms with Gasteiger partial charge in [0.1, 0.15) is 21.4 Å². The monoisotopic (exact) mass is 373 g/mol. The maximum atomic E-state index is 12.9. The Hall–Kier alpha value is -2.27. The van der Waals surface area contributed by atoms with Crippen LogP contribution >= 0.6 is 0 Å². The minimum atomic E-state index is -1.59. The van der Waals surface area contributed by atoms with Crippen molar-refractivity contribution in [1.29, 1.82) is 0 Å². The molecule has 2 N–H and O–H groups in total. The molecule has 142 valence electrons. The normalized spacial score (nSPS) is 14.5. The molecule has 2 heterocycles. The SMILES string of the molecule is [B]C([B])(Oc1ccc2c(c1)c(=O)n(C)c1c(C)nccc21)C(C)(N)CC(C)C. The van der Waals surface area contributed by atoms with E-state index in [1.54, 1.807) is 36.9 Å². The fourth-order valence-corrected chi connectivity index (χ4v) is 3.80. The molecular formula is C21H25B2N3O2. The highest BCUT2D eigenvalue weighted by Gasteiger charge is 2.39. The largest absolute Gasteiger partial charge is 0.505 e. The first-order valence-corrected chi connectivity index (χ1v) is 9.38.